The zero-order valence-corrected chi connectivity index (χ0v) is 15.8. The minimum Gasteiger partial charge on any atom is -0.338 e. The van der Waals surface area contributed by atoms with Gasteiger partial charge < -0.3 is 4.90 Å². The van der Waals surface area contributed by atoms with Gasteiger partial charge in [0, 0.05) is 37.5 Å². The Balaban J connectivity index is 1.59. The van der Waals surface area contributed by atoms with E-state index in [4.69, 9.17) is 0 Å². The van der Waals surface area contributed by atoms with Crippen LogP contribution in [0.25, 0.3) is 0 Å². The second-order valence-corrected chi connectivity index (χ2v) is 7.52. The van der Waals surface area contributed by atoms with Gasteiger partial charge in [-0.3, -0.25) is 4.79 Å². The molecule has 0 aliphatic carbocycles. The van der Waals surface area contributed by atoms with E-state index in [1.54, 1.807) is 12.4 Å². The molecule has 0 unspecified atom stereocenters. The molecule has 2 aromatic rings. The lowest BCUT2D eigenvalue weighted by Gasteiger charge is -2.33. The Bertz CT molecular complexity index is 793. The molecular formula is C21H25F2N3O. The molecule has 1 aromatic carbocycles. The predicted octanol–water partition coefficient (Wildman–Crippen LogP) is 4.36. The highest BCUT2D eigenvalue weighted by Crippen LogP contribution is 2.24. The smallest absolute Gasteiger partial charge is 0.256 e. The van der Waals surface area contributed by atoms with Crippen LogP contribution in [0.2, 0.25) is 0 Å². The summed E-state index contributed by atoms with van der Waals surface area (Å²) in [5.74, 6) is 0.147. The average Bonchev–Trinajstić information content (AvgIpc) is 2.67. The van der Waals surface area contributed by atoms with Crippen molar-refractivity contribution in [1.29, 1.82) is 0 Å². The van der Waals surface area contributed by atoms with E-state index in [1.807, 2.05) is 18.7 Å². The fraction of sp³-hybridized carbons (Fsp3) is 0.476. The average molecular weight is 373 g/mol. The number of piperidine rings is 1. The maximum Gasteiger partial charge on any atom is 0.256 e. The molecule has 6 heteroatoms. The number of hydrogen-bond acceptors (Lipinski definition) is 3. The summed E-state index contributed by atoms with van der Waals surface area (Å²) in [5.41, 5.74) is 1.03. The van der Waals surface area contributed by atoms with Gasteiger partial charge in [-0.15, -0.1) is 0 Å². The number of rotatable bonds is 5. The number of aryl methyl sites for hydroxylation is 1. The largest absolute Gasteiger partial charge is 0.338 e. The summed E-state index contributed by atoms with van der Waals surface area (Å²) in [6.45, 7) is 5.38. The monoisotopic (exact) mass is 373 g/mol. The first-order valence-electron chi connectivity index (χ1n) is 9.49. The molecule has 1 fully saturated rings. The Morgan fingerprint density at radius 3 is 2.67 bits per heavy atom. The van der Waals surface area contributed by atoms with Crippen molar-refractivity contribution in [2.45, 2.75) is 45.4 Å². The highest BCUT2D eigenvalue weighted by Gasteiger charge is 2.25. The Morgan fingerprint density at radius 1 is 1.26 bits per heavy atom. The van der Waals surface area contributed by atoms with E-state index in [1.165, 1.54) is 12.1 Å². The molecule has 1 amide bonds. The molecule has 0 bridgehead atoms. The van der Waals surface area contributed by atoms with Crippen molar-refractivity contribution in [1.82, 2.24) is 14.9 Å². The molecule has 1 saturated heterocycles. The zero-order valence-electron chi connectivity index (χ0n) is 15.8. The maximum absolute atomic E-state index is 13.8. The number of carbonyl (C=O) groups is 1. The number of nitrogens with zero attached hydrogens (tertiary/aromatic N) is 3. The van der Waals surface area contributed by atoms with Gasteiger partial charge in [-0.25, -0.2) is 18.7 Å². The van der Waals surface area contributed by atoms with E-state index in [0.717, 1.165) is 31.2 Å². The number of halogens is 2. The van der Waals surface area contributed by atoms with Crippen molar-refractivity contribution in [3.8, 4) is 0 Å². The lowest BCUT2D eigenvalue weighted by molar-refractivity contribution is 0.0667. The number of carbonyl (C=O) groups excluding carboxylic acids is 1. The van der Waals surface area contributed by atoms with Crippen molar-refractivity contribution in [3.63, 3.8) is 0 Å². The molecule has 1 aromatic heterocycles. The van der Waals surface area contributed by atoms with E-state index in [9.17, 15) is 13.6 Å². The quantitative estimate of drug-likeness (QED) is 0.782. The molecule has 4 nitrogen and oxygen atoms in total. The Kier molecular flexibility index (Phi) is 6.14. The second-order valence-electron chi connectivity index (χ2n) is 7.52. The third-order valence-corrected chi connectivity index (χ3v) is 5.08. The van der Waals surface area contributed by atoms with Crippen LogP contribution in [0.1, 0.15) is 60.8 Å². The lowest BCUT2D eigenvalue weighted by atomic mass is 9.91. The molecular weight excluding hydrogens is 348 g/mol. The van der Waals surface area contributed by atoms with Gasteiger partial charge in [-0.1, -0.05) is 19.9 Å². The summed E-state index contributed by atoms with van der Waals surface area (Å²) in [7, 11) is 0. The van der Waals surface area contributed by atoms with Crippen LogP contribution < -0.4 is 0 Å². The van der Waals surface area contributed by atoms with Gasteiger partial charge in [0.15, 0.2) is 0 Å². The first kappa shape index (κ1) is 19.4. The van der Waals surface area contributed by atoms with E-state index in [0.29, 0.717) is 36.6 Å². The predicted molar refractivity (Wildman–Crippen MR) is 99.4 cm³/mol. The fourth-order valence-corrected chi connectivity index (χ4v) is 3.50. The SMILES string of the molecule is CC(C)c1ncc(C(=O)N2CCC[C@H](CCc3ccc(F)cc3F)C2)cn1. The van der Waals surface area contributed by atoms with Gasteiger partial charge >= 0.3 is 0 Å². The first-order valence-corrected chi connectivity index (χ1v) is 9.49. The number of amides is 1. The molecule has 0 radical (unpaired) electrons. The number of likely N-dealkylation sites (tertiary alicyclic amines) is 1. The Morgan fingerprint density at radius 2 is 2.00 bits per heavy atom. The summed E-state index contributed by atoms with van der Waals surface area (Å²) in [4.78, 5) is 23.1. The van der Waals surface area contributed by atoms with E-state index >= 15 is 0 Å². The fourth-order valence-electron chi connectivity index (χ4n) is 3.50. The van der Waals surface area contributed by atoms with Gasteiger partial charge in [0.1, 0.15) is 17.5 Å². The first-order chi connectivity index (χ1) is 12.9. The standard InChI is InChI=1S/C21H25F2N3O/c1-14(2)20-24-11-17(12-25-20)21(27)26-9-3-4-15(13-26)5-6-16-7-8-18(22)10-19(16)23/h7-8,10-12,14-15H,3-6,9,13H2,1-2H3/t15-/m1/s1. The van der Waals surface area contributed by atoms with E-state index in [-0.39, 0.29) is 11.8 Å². The van der Waals surface area contributed by atoms with Gasteiger partial charge in [0.25, 0.3) is 5.91 Å². The minimum atomic E-state index is -0.559. The van der Waals surface area contributed by atoms with Crippen LogP contribution in [0.4, 0.5) is 8.78 Å². The van der Waals surface area contributed by atoms with Crippen molar-refractivity contribution < 1.29 is 13.6 Å². The number of aromatic nitrogens is 2. The second kappa shape index (κ2) is 8.55. The van der Waals surface area contributed by atoms with Crippen molar-refractivity contribution in [2.24, 2.45) is 5.92 Å². The number of benzene rings is 1. The van der Waals surface area contributed by atoms with Gasteiger partial charge in [0.05, 0.1) is 5.56 Å². The normalized spacial score (nSPS) is 17.4. The van der Waals surface area contributed by atoms with Crippen LogP contribution in [-0.4, -0.2) is 33.9 Å². The Labute approximate surface area is 158 Å². The minimum absolute atomic E-state index is 0.0528. The highest BCUT2D eigenvalue weighted by atomic mass is 19.1. The molecule has 0 N–H and O–H groups in total. The summed E-state index contributed by atoms with van der Waals surface area (Å²) >= 11 is 0. The summed E-state index contributed by atoms with van der Waals surface area (Å²) < 4.78 is 26.8. The molecule has 2 heterocycles. The van der Waals surface area contributed by atoms with Crippen LogP contribution in [0.15, 0.2) is 30.6 Å². The third kappa shape index (κ3) is 4.87. The van der Waals surface area contributed by atoms with Crippen molar-refractivity contribution in [2.75, 3.05) is 13.1 Å². The van der Waals surface area contributed by atoms with Crippen LogP contribution in [0, 0.1) is 17.6 Å². The molecule has 27 heavy (non-hydrogen) atoms. The molecule has 0 saturated carbocycles. The Hall–Kier alpha value is -2.37. The molecule has 0 spiro atoms. The maximum atomic E-state index is 13.8. The summed E-state index contributed by atoms with van der Waals surface area (Å²) in [6, 6.07) is 3.72. The van der Waals surface area contributed by atoms with Gasteiger partial charge in [0.2, 0.25) is 0 Å². The molecule has 1 atom stereocenters. The van der Waals surface area contributed by atoms with Crippen LogP contribution in [-0.2, 0) is 6.42 Å². The third-order valence-electron chi connectivity index (χ3n) is 5.08. The lowest BCUT2D eigenvalue weighted by Crippen LogP contribution is -2.40. The van der Waals surface area contributed by atoms with Crippen LogP contribution >= 0.6 is 0 Å². The molecule has 3 rings (SSSR count). The van der Waals surface area contributed by atoms with Gasteiger partial charge in [-0.2, -0.15) is 0 Å². The zero-order chi connectivity index (χ0) is 19.4. The van der Waals surface area contributed by atoms with Crippen molar-refractivity contribution >= 4 is 5.91 Å². The molecule has 1 aliphatic heterocycles. The summed E-state index contributed by atoms with van der Waals surface area (Å²) in [6.07, 6.45) is 6.45. The highest BCUT2D eigenvalue weighted by molar-refractivity contribution is 5.93. The van der Waals surface area contributed by atoms with Gasteiger partial charge in [-0.05, 0) is 43.2 Å². The van der Waals surface area contributed by atoms with Crippen molar-refractivity contribution in [3.05, 3.63) is 59.2 Å². The summed E-state index contributed by atoms with van der Waals surface area (Å²) in [5, 5.41) is 0. The van der Waals surface area contributed by atoms with E-state index in [2.05, 4.69) is 9.97 Å². The molecule has 144 valence electrons. The molecule has 1 aliphatic rings. The topological polar surface area (TPSA) is 46.1 Å². The van der Waals surface area contributed by atoms with E-state index < -0.39 is 11.6 Å². The van der Waals surface area contributed by atoms with Crippen LogP contribution in [0.3, 0.4) is 0 Å². The number of hydrogen-bond donors (Lipinski definition) is 0. The van der Waals surface area contributed by atoms with Crippen LogP contribution in [0.5, 0.6) is 0 Å².